The van der Waals surface area contributed by atoms with Gasteiger partial charge in [0.15, 0.2) is 0 Å². The summed E-state index contributed by atoms with van der Waals surface area (Å²) < 4.78 is 1.75. The molecule has 6 heteroatoms. The largest absolute Gasteiger partial charge is 0.387 e. The predicted octanol–water partition coefficient (Wildman–Crippen LogP) is 1.59. The van der Waals surface area contributed by atoms with E-state index in [1.165, 1.54) is 6.20 Å². The summed E-state index contributed by atoms with van der Waals surface area (Å²) in [4.78, 5) is 16.0. The summed E-state index contributed by atoms with van der Waals surface area (Å²) in [6, 6.07) is 1.75. The zero-order valence-corrected chi connectivity index (χ0v) is 10.3. The zero-order valence-electron chi connectivity index (χ0n) is 10.3. The molecular formula is C12H15N5O. The van der Waals surface area contributed by atoms with E-state index in [0.717, 1.165) is 12.2 Å². The monoisotopic (exact) mass is 245 g/mol. The first-order chi connectivity index (χ1) is 8.74. The lowest BCUT2D eigenvalue weighted by atomic mass is 10.2. The van der Waals surface area contributed by atoms with E-state index in [2.05, 4.69) is 20.7 Å². The second-order valence-electron chi connectivity index (χ2n) is 3.71. The fourth-order valence-electron chi connectivity index (χ4n) is 1.59. The average Bonchev–Trinajstić information content (AvgIpc) is 2.86. The van der Waals surface area contributed by atoms with Crippen LogP contribution in [0.2, 0.25) is 0 Å². The number of aryl methyl sites for hydroxylation is 1. The van der Waals surface area contributed by atoms with Crippen LogP contribution in [0.5, 0.6) is 0 Å². The number of hydrogen-bond donors (Lipinski definition) is 2. The number of nitrogens with zero attached hydrogens (tertiary/aromatic N) is 3. The SMILES string of the molecule is CCn1cc(NC(=O)c2cnccc2NC)cn1. The first-order valence-electron chi connectivity index (χ1n) is 5.70. The molecule has 0 spiro atoms. The molecule has 0 aliphatic rings. The summed E-state index contributed by atoms with van der Waals surface area (Å²) in [5.41, 5.74) is 1.92. The van der Waals surface area contributed by atoms with Gasteiger partial charge in [-0.1, -0.05) is 0 Å². The lowest BCUT2D eigenvalue weighted by Gasteiger charge is -2.07. The maximum Gasteiger partial charge on any atom is 0.259 e. The first-order valence-corrected chi connectivity index (χ1v) is 5.70. The van der Waals surface area contributed by atoms with Crippen molar-refractivity contribution in [3.63, 3.8) is 0 Å². The smallest absolute Gasteiger partial charge is 0.259 e. The van der Waals surface area contributed by atoms with E-state index in [9.17, 15) is 4.79 Å². The number of aromatic nitrogens is 3. The second-order valence-corrected chi connectivity index (χ2v) is 3.71. The van der Waals surface area contributed by atoms with E-state index < -0.39 is 0 Å². The summed E-state index contributed by atoms with van der Waals surface area (Å²) >= 11 is 0. The standard InChI is InChI=1S/C12H15N5O/c1-3-17-8-9(6-15-17)16-12(18)10-7-14-5-4-11(10)13-2/h4-8H,3H2,1-2H3,(H,13,14)(H,16,18). The molecule has 0 radical (unpaired) electrons. The van der Waals surface area contributed by atoms with Gasteiger partial charge in [-0.2, -0.15) is 5.10 Å². The third-order valence-electron chi connectivity index (χ3n) is 2.55. The number of carbonyl (C=O) groups excluding carboxylic acids is 1. The number of hydrogen-bond acceptors (Lipinski definition) is 4. The third-order valence-corrected chi connectivity index (χ3v) is 2.55. The predicted molar refractivity (Wildman–Crippen MR) is 69.6 cm³/mol. The molecule has 0 atom stereocenters. The van der Waals surface area contributed by atoms with Gasteiger partial charge >= 0.3 is 0 Å². The Labute approximate surface area is 105 Å². The lowest BCUT2D eigenvalue weighted by Crippen LogP contribution is -2.14. The zero-order chi connectivity index (χ0) is 13.0. The molecule has 2 N–H and O–H groups in total. The molecule has 2 heterocycles. The van der Waals surface area contributed by atoms with Crippen LogP contribution in [0.15, 0.2) is 30.9 Å². The quantitative estimate of drug-likeness (QED) is 0.858. The van der Waals surface area contributed by atoms with Gasteiger partial charge in [-0.15, -0.1) is 0 Å². The molecule has 2 aromatic rings. The Morgan fingerprint density at radius 1 is 1.44 bits per heavy atom. The summed E-state index contributed by atoms with van der Waals surface area (Å²) in [5, 5.41) is 9.84. The highest BCUT2D eigenvalue weighted by Crippen LogP contribution is 2.15. The van der Waals surface area contributed by atoms with Crippen LogP contribution in [-0.4, -0.2) is 27.7 Å². The van der Waals surface area contributed by atoms with Gasteiger partial charge in [0.05, 0.1) is 17.4 Å². The van der Waals surface area contributed by atoms with Crippen LogP contribution in [0.25, 0.3) is 0 Å². The maximum absolute atomic E-state index is 12.1. The molecule has 0 aromatic carbocycles. The summed E-state index contributed by atoms with van der Waals surface area (Å²) in [6.45, 7) is 2.75. The Morgan fingerprint density at radius 2 is 2.28 bits per heavy atom. The molecule has 94 valence electrons. The van der Waals surface area contributed by atoms with Crippen LogP contribution in [0, 0.1) is 0 Å². The molecule has 18 heavy (non-hydrogen) atoms. The van der Waals surface area contributed by atoms with Crippen molar-refractivity contribution in [3.8, 4) is 0 Å². The Morgan fingerprint density at radius 3 is 2.94 bits per heavy atom. The van der Waals surface area contributed by atoms with Crippen molar-refractivity contribution in [1.29, 1.82) is 0 Å². The molecule has 2 rings (SSSR count). The van der Waals surface area contributed by atoms with Gasteiger partial charge in [0.2, 0.25) is 0 Å². The number of rotatable bonds is 4. The Kier molecular flexibility index (Phi) is 3.57. The highest BCUT2D eigenvalue weighted by atomic mass is 16.1. The maximum atomic E-state index is 12.1. The molecule has 0 aliphatic carbocycles. The molecule has 0 fully saturated rings. The van der Waals surface area contributed by atoms with Crippen molar-refractivity contribution >= 4 is 17.3 Å². The van der Waals surface area contributed by atoms with Gasteiger partial charge in [-0.05, 0) is 13.0 Å². The summed E-state index contributed by atoms with van der Waals surface area (Å²) in [5.74, 6) is -0.205. The molecule has 6 nitrogen and oxygen atoms in total. The van der Waals surface area contributed by atoms with E-state index in [1.807, 2.05) is 6.92 Å². The van der Waals surface area contributed by atoms with Crippen LogP contribution in [0.4, 0.5) is 11.4 Å². The van der Waals surface area contributed by atoms with Crippen LogP contribution >= 0.6 is 0 Å². The van der Waals surface area contributed by atoms with Crippen molar-refractivity contribution in [2.45, 2.75) is 13.5 Å². The van der Waals surface area contributed by atoms with Crippen molar-refractivity contribution in [2.75, 3.05) is 17.7 Å². The van der Waals surface area contributed by atoms with Gasteiger partial charge in [0.1, 0.15) is 0 Å². The second kappa shape index (κ2) is 5.31. The van der Waals surface area contributed by atoms with Gasteiger partial charge in [0.25, 0.3) is 5.91 Å². The lowest BCUT2D eigenvalue weighted by molar-refractivity contribution is 0.102. The minimum absolute atomic E-state index is 0.205. The Hall–Kier alpha value is -2.37. The topological polar surface area (TPSA) is 71.8 Å². The first kappa shape index (κ1) is 12.1. The van der Waals surface area contributed by atoms with Crippen LogP contribution < -0.4 is 10.6 Å². The van der Waals surface area contributed by atoms with Crippen LogP contribution in [0.1, 0.15) is 17.3 Å². The highest BCUT2D eigenvalue weighted by Gasteiger charge is 2.11. The molecule has 2 aromatic heterocycles. The van der Waals surface area contributed by atoms with E-state index in [4.69, 9.17) is 0 Å². The number of anilines is 2. The number of pyridine rings is 1. The Bertz CT molecular complexity index is 549. The molecular weight excluding hydrogens is 230 g/mol. The van der Waals surface area contributed by atoms with Crippen LogP contribution in [-0.2, 0) is 6.54 Å². The molecule has 1 amide bonds. The number of carbonyl (C=O) groups is 1. The van der Waals surface area contributed by atoms with Gasteiger partial charge < -0.3 is 10.6 Å². The average molecular weight is 245 g/mol. The summed E-state index contributed by atoms with van der Waals surface area (Å²) in [6.07, 6.45) is 6.58. The molecule has 0 bridgehead atoms. The Balaban J connectivity index is 2.16. The van der Waals surface area contributed by atoms with Gasteiger partial charge in [-0.25, -0.2) is 0 Å². The van der Waals surface area contributed by atoms with E-state index in [1.54, 1.807) is 36.4 Å². The molecule has 0 saturated carbocycles. The normalized spacial score (nSPS) is 10.1. The van der Waals surface area contributed by atoms with E-state index >= 15 is 0 Å². The number of amides is 1. The van der Waals surface area contributed by atoms with Crippen molar-refractivity contribution in [1.82, 2.24) is 14.8 Å². The molecule has 0 aliphatic heterocycles. The van der Waals surface area contributed by atoms with E-state index in [-0.39, 0.29) is 5.91 Å². The molecule has 0 saturated heterocycles. The fourth-order valence-corrected chi connectivity index (χ4v) is 1.59. The van der Waals surface area contributed by atoms with E-state index in [0.29, 0.717) is 11.3 Å². The minimum Gasteiger partial charge on any atom is -0.387 e. The van der Waals surface area contributed by atoms with Gasteiger partial charge in [-0.3, -0.25) is 14.5 Å². The van der Waals surface area contributed by atoms with Crippen LogP contribution in [0.3, 0.4) is 0 Å². The fraction of sp³-hybridized carbons (Fsp3) is 0.250. The minimum atomic E-state index is -0.205. The van der Waals surface area contributed by atoms with Gasteiger partial charge in [0, 0.05) is 37.9 Å². The number of nitrogens with one attached hydrogen (secondary N) is 2. The molecule has 0 unspecified atom stereocenters. The van der Waals surface area contributed by atoms with Crippen molar-refractivity contribution < 1.29 is 4.79 Å². The third kappa shape index (κ3) is 2.48. The van der Waals surface area contributed by atoms with Crippen molar-refractivity contribution in [3.05, 3.63) is 36.4 Å². The summed E-state index contributed by atoms with van der Waals surface area (Å²) in [7, 11) is 1.77. The highest BCUT2D eigenvalue weighted by molar-refractivity contribution is 6.07. The van der Waals surface area contributed by atoms with Crippen molar-refractivity contribution in [2.24, 2.45) is 0 Å².